The first-order valence-electron chi connectivity index (χ1n) is 8.40. The van der Waals surface area contributed by atoms with E-state index < -0.39 is 11.9 Å². The number of aliphatic carboxylic acids is 1. The fourth-order valence-corrected chi connectivity index (χ4v) is 3.86. The van der Waals surface area contributed by atoms with Crippen LogP contribution in [0.1, 0.15) is 43.6 Å². The number of nitrogens with zero attached hydrogens (tertiary/aromatic N) is 3. The van der Waals surface area contributed by atoms with Crippen LogP contribution in [0.3, 0.4) is 0 Å². The molecule has 23 heavy (non-hydrogen) atoms. The van der Waals surface area contributed by atoms with Crippen molar-refractivity contribution < 1.29 is 14.7 Å². The fourth-order valence-electron chi connectivity index (χ4n) is 3.86. The Hall–Kier alpha value is -1.85. The van der Waals surface area contributed by atoms with E-state index in [1.807, 2.05) is 31.5 Å². The highest BCUT2D eigenvalue weighted by Crippen LogP contribution is 2.44. The van der Waals surface area contributed by atoms with Gasteiger partial charge in [-0.05, 0) is 51.5 Å². The topological polar surface area (TPSA) is 75.4 Å². The number of rotatable bonds is 5. The van der Waals surface area contributed by atoms with Crippen LogP contribution in [0.25, 0.3) is 0 Å². The molecular weight excluding hydrogens is 294 g/mol. The Morgan fingerprint density at radius 3 is 2.57 bits per heavy atom. The van der Waals surface area contributed by atoms with Crippen molar-refractivity contribution in [1.82, 2.24) is 14.7 Å². The van der Waals surface area contributed by atoms with E-state index >= 15 is 0 Å². The van der Waals surface area contributed by atoms with Crippen LogP contribution in [0.15, 0.2) is 6.07 Å². The first kappa shape index (κ1) is 16.0. The van der Waals surface area contributed by atoms with Gasteiger partial charge in [-0.15, -0.1) is 0 Å². The molecule has 1 saturated heterocycles. The molecule has 6 heteroatoms. The third kappa shape index (κ3) is 3.26. The Morgan fingerprint density at radius 2 is 2.04 bits per heavy atom. The minimum absolute atomic E-state index is 0.0144. The van der Waals surface area contributed by atoms with Crippen molar-refractivity contribution in [1.29, 1.82) is 0 Å². The predicted molar refractivity (Wildman–Crippen MR) is 84.9 cm³/mol. The van der Waals surface area contributed by atoms with Gasteiger partial charge in [-0.3, -0.25) is 14.3 Å². The van der Waals surface area contributed by atoms with Crippen LogP contribution in [0.4, 0.5) is 0 Å². The first-order chi connectivity index (χ1) is 10.9. The molecule has 0 bridgehead atoms. The second kappa shape index (κ2) is 5.98. The lowest BCUT2D eigenvalue weighted by Gasteiger charge is -2.20. The van der Waals surface area contributed by atoms with Crippen molar-refractivity contribution in [3.05, 3.63) is 17.5 Å². The van der Waals surface area contributed by atoms with Gasteiger partial charge < -0.3 is 10.0 Å². The van der Waals surface area contributed by atoms with Gasteiger partial charge in [0, 0.05) is 25.2 Å². The zero-order valence-electron chi connectivity index (χ0n) is 14.0. The van der Waals surface area contributed by atoms with Crippen molar-refractivity contribution >= 4 is 11.9 Å². The maximum atomic E-state index is 12.6. The number of carboxylic acid groups (broad SMARTS) is 1. The van der Waals surface area contributed by atoms with Gasteiger partial charge in [0.05, 0.1) is 17.7 Å². The number of aromatic nitrogens is 2. The molecule has 2 fully saturated rings. The Bertz CT molecular complexity index is 621. The van der Waals surface area contributed by atoms with Crippen molar-refractivity contribution in [3.63, 3.8) is 0 Å². The van der Waals surface area contributed by atoms with Crippen molar-refractivity contribution in [2.75, 3.05) is 13.1 Å². The lowest BCUT2D eigenvalue weighted by molar-refractivity contribution is -0.142. The second-order valence-corrected chi connectivity index (χ2v) is 7.17. The van der Waals surface area contributed by atoms with Crippen LogP contribution in [0.5, 0.6) is 0 Å². The van der Waals surface area contributed by atoms with Crippen molar-refractivity contribution in [2.45, 2.75) is 46.1 Å². The number of carboxylic acids is 1. The van der Waals surface area contributed by atoms with E-state index in [-0.39, 0.29) is 17.9 Å². The molecule has 1 unspecified atom stereocenters. The number of amides is 1. The lowest BCUT2D eigenvalue weighted by Crippen LogP contribution is -2.31. The molecule has 1 amide bonds. The van der Waals surface area contributed by atoms with E-state index in [9.17, 15) is 14.7 Å². The Morgan fingerprint density at radius 1 is 1.35 bits per heavy atom. The molecule has 0 radical (unpaired) electrons. The largest absolute Gasteiger partial charge is 0.481 e. The maximum absolute atomic E-state index is 12.6. The van der Waals surface area contributed by atoms with Crippen molar-refractivity contribution in [3.8, 4) is 0 Å². The summed E-state index contributed by atoms with van der Waals surface area (Å²) in [5, 5.41) is 13.8. The SMILES string of the molecule is Cc1cc(C)n(C(C)CC(=O)N2C[C@H](C(=O)O)[C@@H](C3CC3)C2)n1. The average Bonchev–Trinajstić information content (AvgIpc) is 3.12. The van der Waals surface area contributed by atoms with Gasteiger partial charge in [0.15, 0.2) is 0 Å². The Kier molecular flexibility index (Phi) is 4.17. The minimum atomic E-state index is -0.760. The molecule has 6 nitrogen and oxygen atoms in total. The Labute approximate surface area is 136 Å². The van der Waals surface area contributed by atoms with Gasteiger partial charge in [-0.2, -0.15) is 5.10 Å². The second-order valence-electron chi connectivity index (χ2n) is 7.17. The standard InChI is InChI=1S/C17H25N3O3/c1-10-6-11(2)20(18-10)12(3)7-16(21)19-8-14(13-4-5-13)15(9-19)17(22)23/h6,12-15H,4-5,7-9H2,1-3H3,(H,22,23)/t12?,14-,15+/m1/s1. The third-order valence-electron chi connectivity index (χ3n) is 5.19. The van der Waals surface area contributed by atoms with Crippen molar-refractivity contribution in [2.24, 2.45) is 17.8 Å². The monoisotopic (exact) mass is 319 g/mol. The number of aryl methyl sites for hydroxylation is 2. The summed E-state index contributed by atoms with van der Waals surface area (Å²) in [5.74, 6) is -0.471. The summed E-state index contributed by atoms with van der Waals surface area (Å²) in [4.78, 5) is 25.8. The van der Waals surface area contributed by atoms with E-state index in [1.165, 1.54) is 0 Å². The molecule has 126 valence electrons. The first-order valence-corrected chi connectivity index (χ1v) is 8.40. The lowest BCUT2D eigenvalue weighted by atomic mass is 9.92. The van der Waals surface area contributed by atoms with Crippen LogP contribution < -0.4 is 0 Å². The molecule has 0 aromatic carbocycles. The van der Waals surface area contributed by atoms with E-state index in [1.54, 1.807) is 4.90 Å². The average molecular weight is 319 g/mol. The molecular formula is C17H25N3O3. The van der Waals surface area contributed by atoms with Crippen LogP contribution >= 0.6 is 0 Å². The Balaban J connectivity index is 1.64. The highest BCUT2D eigenvalue weighted by Gasteiger charge is 2.46. The smallest absolute Gasteiger partial charge is 0.308 e. The van der Waals surface area contributed by atoms with E-state index in [2.05, 4.69) is 5.10 Å². The third-order valence-corrected chi connectivity index (χ3v) is 5.19. The van der Waals surface area contributed by atoms with Gasteiger partial charge in [-0.1, -0.05) is 0 Å². The quantitative estimate of drug-likeness (QED) is 0.901. The van der Waals surface area contributed by atoms with E-state index in [0.717, 1.165) is 24.2 Å². The zero-order valence-corrected chi connectivity index (χ0v) is 14.0. The number of carbonyl (C=O) groups excluding carboxylic acids is 1. The van der Waals surface area contributed by atoms with Gasteiger partial charge in [0.2, 0.25) is 5.91 Å². The molecule has 1 aromatic heterocycles. The fraction of sp³-hybridized carbons (Fsp3) is 0.706. The van der Waals surface area contributed by atoms with Gasteiger partial charge in [0.1, 0.15) is 0 Å². The maximum Gasteiger partial charge on any atom is 0.308 e. The van der Waals surface area contributed by atoms with E-state index in [4.69, 9.17) is 0 Å². The summed E-state index contributed by atoms with van der Waals surface area (Å²) >= 11 is 0. The van der Waals surface area contributed by atoms with E-state index in [0.29, 0.717) is 25.4 Å². The molecule has 3 rings (SSSR count). The highest BCUT2D eigenvalue weighted by atomic mass is 16.4. The number of hydrogen-bond acceptors (Lipinski definition) is 3. The summed E-state index contributed by atoms with van der Waals surface area (Å²) in [6, 6.07) is 1.99. The molecule has 2 heterocycles. The number of carbonyl (C=O) groups is 2. The van der Waals surface area contributed by atoms with Crippen LogP contribution in [0, 0.1) is 31.6 Å². The molecule has 0 spiro atoms. The zero-order chi connectivity index (χ0) is 16.7. The van der Waals surface area contributed by atoms with Crippen LogP contribution in [-0.2, 0) is 9.59 Å². The molecule has 1 aliphatic carbocycles. The molecule has 1 N–H and O–H groups in total. The van der Waals surface area contributed by atoms with Gasteiger partial charge >= 0.3 is 5.97 Å². The summed E-state index contributed by atoms with van der Waals surface area (Å²) in [6.45, 7) is 6.88. The van der Waals surface area contributed by atoms with Gasteiger partial charge in [-0.25, -0.2) is 0 Å². The normalized spacial score (nSPS) is 25.6. The molecule has 2 aliphatic rings. The van der Waals surface area contributed by atoms with Crippen LogP contribution in [-0.4, -0.2) is 44.8 Å². The predicted octanol–water partition coefficient (Wildman–Crippen LogP) is 2.02. The number of likely N-dealkylation sites (tertiary alicyclic amines) is 1. The molecule has 3 atom stereocenters. The number of hydrogen-bond donors (Lipinski definition) is 1. The van der Waals surface area contributed by atoms with Gasteiger partial charge in [0.25, 0.3) is 0 Å². The molecule has 1 aliphatic heterocycles. The summed E-state index contributed by atoms with van der Waals surface area (Å²) in [5.41, 5.74) is 1.99. The highest BCUT2D eigenvalue weighted by molar-refractivity contribution is 5.79. The summed E-state index contributed by atoms with van der Waals surface area (Å²) in [7, 11) is 0. The minimum Gasteiger partial charge on any atom is -0.481 e. The summed E-state index contributed by atoms with van der Waals surface area (Å²) in [6.07, 6.45) is 2.59. The molecule has 1 saturated carbocycles. The molecule has 1 aromatic rings. The van der Waals surface area contributed by atoms with Crippen LogP contribution in [0.2, 0.25) is 0 Å². The summed E-state index contributed by atoms with van der Waals surface area (Å²) < 4.78 is 1.89.